The number of nitrogens with zero attached hydrogens (tertiary/aromatic N) is 1. The van der Waals surface area contributed by atoms with Gasteiger partial charge in [-0.15, -0.1) is 0 Å². The zero-order valence-corrected chi connectivity index (χ0v) is 21.3. The number of hydrogen-bond acceptors (Lipinski definition) is 8. The number of carbonyl (C=O) groups is 2. The molecule has 0 aliphatic carbocycles. The predicted molar refractivity (Wildman–Crippen MR) is 137 cm³/mol. The zero-order chi connectivity index (χ0) is 27.8. The molecule has 10 heteroatoms. The van der Waals surface area contributed by atoms with Crippen LogP contribution >= 0.6 is 0 Å². The molecular weight excluding hydrogens is 507 g/mol. The number of halogens is 1. The molecule has 2 aliphatic heterocycles. The summed E-state index contributed by atoms with van der Waals surface area (Å²) in [5, 5.41) is 16.6. The first-order chi connectivity index (χ1) is 18.8. The summed E-state index contributed by atoms with van der Waals surface area (Å²) in [5.41, 5.74) is -3.74. The molecule has 1 fully saturated rings. The summed E-state index contributed by atoms with van der Waals surface area (Å²) >= 11 is 0. The minimum atomic E-state index is -2.39. The van der Waals surface area contributed by atoms with Crippen LogP contribution in [0.3, 0.4) is 0 Å². The third kappa shape index (κ3) is 3.85. The van der Waals surface area contributed by atoms with Crippen LogP contribution in [-0.2, 0) is 19.1 Å². The average Bonchev–Trinajstić information content (AvgIpc) is 3.29. The van der Waals surface area contributed by atoms with E-state index >= 15 is 0 Å². The Balaban J connectivity index is 1.93. The second kappa shape index (κ2) is 10.1. The lowest BCUT2D eigenvalue weighted by Crippen LogP contribution is -2.63. The number of rotatable bonds is 7. The van der Waals surface area contributed by atoms with Crippen LogP contribution in [0.2, 0.25) is 0 Å². The summed E-state index contributed by atoms with van der Waals surface area (Å²) in [7, 11) is 0. The smallest absolute Gasteiger partial charge is 0.339 e. The molecule has 5 rings (SSSR count). The highest BCUT2D eigenvalue weighted by Gasteiger charge is 2.82. The Bertz CT molecular complexity index is 1380. The number of esters is 2. The molecule has 0 amide bonds. The van der Waals surface area contributed by atoms with Gasteiger partial charge >= 0.3 is 11.9 Å². The highest BCUT2D eigenvalue weighted by atomic mass is 19.1. The fourth-order valence-corrected chi connectivity index (χ4v) is 5.99. The van der Waals surface area contributed by atoms with E-state index in [1.807, 2.05) is 0 Å². The van der Waals surface area contributed by atoms with Crippen LogP contribution in [0.25, 0.3) is 0 Å². The highest BCUT2D eigenvalue weighted by Crippen LogP contribution is 2.63. The SMILES string of the molecule is CCOC(=O)C1(C(=O)OCC)N[C@H](c2ccccc2)[C@@]2([N+](=O)[O-])[C@H](c3ccccc3)Oc3ccc(F)cc3[C@@H]12. The Morgan fingerprint density at radius 1 is 0.949 bits per heavy atom. The molecule has 4 atom stereocenters. The van der Waals surface area contributed by atoms with E-state index in [-0.39, 0.29) is 24.5 Å². The van der Waals surface area contributed by atoms with E-state index in [2.05, 4.69) is 5.32 Å². The van der Waals surface area contributed by atoms with Gasteiger partial charge in [0.15, 0.2) is 6.10 Å². The van der Waals surface area contributed by atoms with E-state index in [1.165, 1.54) is 6.07 Å². The van der Waals surface area contributed by atoms with E-state index in [4.69, 9.17) is 14.2 Å². The standard InChI is InChI=1S/C29H27FN2O7/c1-3-37-26(33)28(27(34)38-4-2)23-21-17-20(30)15-16-22(21)39-25(19-13-9-6-10-14-19)29(23,32(35)36)24(31-28)18-11-7-5-8-12-18/h5-17,23-25,31H,3-4H2,1-2H3/t23-,24+,25-,29+/m0/s1. The van der Waals surface area contributed by atoms with Gasteiger partial charge in [-0.05, 0) is 43.2 Å². The summed E-state index contributed by atoms with van der Waals surface area (Å²) in [6.45, 7) is 2.91. The van der Waals surface area contributed by atoms with Crippen molar-refractivity contribution in [2.75, 3.05) is 13.2 Å². The van der Waals surface area contributed by atoms with E-state index in [1.54, 1.807) is 74.5 Å². The van der Waals surface area contributed by atoms with E-state index in [9.17, 15) is 24.1 Å². The molecule has 3 aromatic carbocycles. The van der Waals surface area contributed by atoms with Gasteiger partial charge in [-0.3, -0.25) is 15.4 Å². The van der Waals surface area contributed by atoms with Crippen LogP contribution in [-0.4, -0.2) is 41.2 Å². The van der Waals surface area contributed by atoms with Gasteiger partial charge in [0.05, 0.1) is 13.2 Å². The number of benzene rings is 3. The molecular formula is C29H27FN2O7. The first kappa shape index (κ1) is 26.3. The lowest BCUT2D eigenvalue weighted by atomic mass is 9.63. The number of hydrogen-bond donors (Lipinski definition) is 1. The van der Waals surface area contributed by atoms with E-state index in [0.29, 0.717) is 11.1 Å². The fraction of sp³-hybridized carbons (Fsp3) is 0.310. The maximum atomic E-state index is 14.8. The summed E-state index contributed by atoms with van der Waals surface area (Å²) in [6, 6.07) is 19.3. The van der Waals surface area contributed by atoms with Gasteiger partial charge in [-0.1, -0.05) is 60.7 Å². The molecule has 0 radical (unpaired) electrons. The first-order valence-electron chi connectivity index (χ1n) is 12.6. The topological polar surface area (TPSA) is 117 Å². The van der Waals surface area contributed by atoms with Crippen LogP contribution in [0.15, 0.2) is 78.9 Å². The van der Waals surface area contributed by atoms with Gasteiger partial charge in [0.1, 0.15) is 23.5 Å². The lowest BCUT2D eigenvalue weighted by Gasteiger charge is -2.43. The van der Waals surface area contributed by atoms with Gasteiger partial charge in [0.25, 0.3) is 5.54 Å². The van der Waals surface area contributed by atoms with Crippen LogP contribution < -0.4 is 10.1 Å². The Labute approximate surface area is 224 Å². The fourth-order valence-electron chi connectivity index (χ4n) is 5.99. The minimum absolute atomic E-state index is 0.00841. The van der Waals surface area contributed by atoms with E-state index < -0.39 is 51.8 Å². The van der Waals surface area contributed by atoms with Crippen LogP contribution in [0.1, 0.15) is 48.6 Å². The van der Waals surface area contributed by atoms with Crippen LogP contribution in [0.5, 0.6) is 5.75 Å². The molecule has 9 nitrogen and oxygen atoms in total. The highest BCUT2D eigenvalue weighted by molar-refractivity contribution is 6.07. The van der Waals surface area contributed by atoms with Crippen LogP contribution in [0.4, 0.5) is 4.39 Å². The van der Waals surface area contributed by atoms with Crippen molar-refractivity contribution in [1.29, 1.82) is 0 Å². The molecule has 1 N–H and O–H groups in total. The van der Waals surface area contributed by atoms with Gasteiger partial charge in [0, 0.05) is 10.5 Å². The quantitative estimate of drug-likeness (QED) is 0.207. The zero-order valence-electron chi connectivity index (χ0n) is 21.3. The number of fused-ring (bicyclic) bond motifs is 3. The van der Waals surface area contributed by atoms with Gasteiger partial charge in [0.2, 0.25) is 5.54 Å². The molecule has 0 saturated carbocycles. The Morgan fingerprint density at radius 3 is 2.05 bits per heavy atom. The second-order valence-electron chi connectivity index (χ2n) is 9.41. The molecule has 2 aliphatic rings. The monoisotopic (exact) mass is 534 g/mol. The summed E-state index contributed by atoms with van der Waals surface area (Å²) in [4.78, 5) is 40.8. The van der Waals surface area contributed by atoms with Crippen molar-refractivity contribution in [1.82, 2.24) is 5.32 Å². The van der Waals surface area contributed by atoms with Gasteiger partial charge < -0.3 is 14.2 Å². The molecule has 0 unspecified atom stereocenters. The third-order valence-corrected chi connectivity index (χ3v) is 7.42. The largest absolute Gasteiger partial charge is 0.478 e. The molecule has 1 saturated heterocycles. The molecule has 2 heterocycles. The Kier molecular flexibility index (Phi) is 6.82. The van der Waals surface area contributed by atoms with Gasteiger partial charge in [-0.25, -0.2) is 14.0 Å². The van der Waals surface area contributed by atoms with Crippen molar-refractivity contribution < 1.29 is 33.1 Å². The number of ether oxygens (including phenoxy) is 3. The van der Waals surface area contributed by atoms with Crippen molar-refractivity contribution in [2.24, 2.45) is 0 Å². The molecule has 39 heavy (non-hydrogen) atoms. The van der Waals surface area contributed by atoms with Crippen molar-refractivity contribution in [2.45, 2.75) is 43.0 Å². The summed E-state index contributed by atoms with van der Waals surface area (Å²) < 4.78 is 31.9. The first-order valence-corrected chi connectivity index (χ1v) is 12.6. The number of nitro groups is 1. The average molecular weight is 535 g/mol. The number of carbonyl (C=O) groups excluding carboxylic acids is 2. The molecule has 0 spiro atoms. The predicted octanol–water partition coefficient (Wildman–Crippen LogP) is 4.27. The summed E-state index contributed by atoms with van der Waals surface area (Å²) in [5.74, 6) is -4.28. The Morgan fingerprint density at radius 2 is 1.51 bits per heavy atom. The molecule has 3 aromatic rings. The summed E-state index contributed by atoms with van der Waals surface area (Å²) in [6.07, 6.45) is -1.29. The van der Waals surface area contributed by atoms with E-state index in [0.717, 1.165) is 12.1 Å². The number of nitrogens with one attached hydrogen (secondary N) is 1. The molecule has 0 aromatic heterocycles. The van der Waals surface area contributed by atoms with Crippen molar-refractivity contribution in [3.63, 3.8) is 0 Å². The normalized spacial score (nSPS) is 24.5. The molecule has 0 bridgehead atoms. The van der Waals surface area contributed by atoms with Crippen molar-refractivity contribution >= 4 is 11.9 Å². The second-order valence-corrected chi connectivity index (χ2v) is 9.41. The van der Waals surface area contributed by atoms with Gasteiger partial charge in [-0.2, -0.15) is 0 Å². The lowest BCUT2D eigenvalue weighted by molar-refractivity contribution is -0.591. The minimum Gasteiger partial charge on any atom is -0.478 e. The van der Waals surface area contributed by atoms with Crippen molar-refractivity contribution in [3.8, 4) is 5.75 Å². The van der Waals surface area contributed by atoms with Crippen LogP contribution in [0, 0.1) is 15.9 Å². The maximum Gasteiger partial charge on any atom is 0.339 e. The Hall–Kier alpha value is -4.31. The van der Waals surface area contributed by atoms with Crippen molar-refractivity contribution in [3.05, 3.63) is 111 Å². The maximum absolute atomic E-state index is 14.8. The third-order valence-electron chi connectivity index (χ3n) is 7.42. The molecule has 202 valence electrons.